The number of halogens is 6. The summed E-state index contributed by atoms with van der Waals surface area (Å²) in [6.07, 6.45) is -7.91. The molecule has 0 atom stereocenters. The van der Waals surface area contributed by atoms with Crippen LogP contribution in [0.15, 0.2) is 91.0 Å². The number of aliphatic hydroxyl groups excluding tert-OH is 1. The minimum absolute atomic E-state index is 0. The zero-order chi connectivity index (χ0) is 26.6. The van der Waals surface area contributed by atoms with Gasteiger partial charge in [-0.15, -0.1) is 5.69 Å². The minimum atomic E-state index is -5.42. The standard InChI is InChI=1S/C22H13N2.C5H2F6O2.Ir/c1-3-8-16-14(6-1)15-7-2-4-9-17(15)22(16)18-10-5-12-23-20(18)21-19(22)11-13-24-21;6-4(7,8)2(12)1-3(13)5(9,10)11;/h1-13H;1,12H;/q-1;;/b;2-1-;. The molecule has 2 aromatic heterocycles. The van der Waals surface area contributed by atoms with E-state index < -0.39 is 30.0 Å². The molecule has 11 heteroatoms. The van der Waals surface area contributed by atoms with Crippen LogP contribution < -0.4 is 4.98 Å². The van der Waals surface area contributed by atoms with Gasteiger partial charge < -0.3 is 10.1 Å². The number of allylic oxidation sites excluding steroid dienone is 2. The Morgan fingerprint density at radius 3 is 1.89 bits per heavy atom. The summed E-state index contributed by atoms with van der Waals surface area (Å²) in [7, 11) is 0. The van der Waals surface area contributed by atoms with Crippen molar-refractivity contribution < 1.29 is 56.3 Å². The van der Waals surface area contributed by atoms with Gasteiger partial charge >= 0.3 is 12.4 Å². The average molecular weight is 706 g/mol. The van der Waals surface area contributed by atoms with Crippen LogP contribution in [-0.4, -0.2) is 28.2 Å². The fourth-order valence-corrected chi connectivity index (χ4v) is 4.97. The Labute approximate surface area is 225 Å². The number of ketones is 1. The van der Waals surface area contributed by atoms with E-state index in [-0.39, 0.29) is 25.5 Å². The molecule has 0 amide bonds. The molecule has 1 radical (unpaired) electrons. The van der Waals surface area contributed by atoms with Crippen LogP contribution >= 0.6 is 0 Å². The van der Waals surface area contributed by atoms with E-state index in [9.17, 15) is 31.1 Å². The number of rotatable bonds is 1. The second-order valence-electron chi connectivity index (χ2n) is 8.34. The molecule has 2 heterocycles. The summed E-state index contributed by atoms with van der Waals surface area (Å²) in [6.45, 7) is 0. The van der Waals surface area contributed by atoms with Gasteiger partial charge in [0, 0.05) is 32.4 Å². The average Bonchev–Trinajstić information content (AvgIpc) is 3.52. The number of benzene rings is 2. The van der Waals surface area contributed by atoms with Crippen molar-refractivity contribution in [2.45, 2.75) is 17.8 Å². The van der Waals surface area contributed by atoms with Crippen LogP contribution in [0.4, 0.5) is 26.3 Å². The number of alkyl halides is 6. The van der Waals surface area contributed by atoms with E-state index in [0.29, 0.717) is 0 Å². The van der Waals surface area contributed by atoms with Crippen molar-refractivity contribution in [3.8, 4) is 22.5 Å². The molecule has 1 spiro atoms. The van der Waals surface area contributed by atoms with E-state index in [1.165, 1.54) is 33.4 Å². The molecule has 0 saturated heterocycles. The monoisotopic (exact) mass is 706 g/mol. The number of aliphatic hydroxyl groups is 1. The Kier molecular flexibility index (Phi) is 6.88. The normalized spacial score (nSPS) is 14.4. The SMILES string of the molecule is O=C(/C=C(\O)C(F)(F)F)C(F)(F)F.[Ir].c1ccc2c(c1)-c1ccccc1C21c2cccnc2-c2[n-]ccc21. The van der Waals surface area contributed by atoms with Gasteiger partial charge in [0.1, 0.15) is 0 Å². The number of pyridine rings is 1. The van der Waals surface area contributed by atoms with Gasteiger partial charge in [-0.2, -0.15) is 32.5 Å². The number of hydrogen-bond donors (Lipinski definition) is 1. The molecule has 0 fully saturated rings. The van der Waals surface area contributed by atoms with Crippen LogP contribution in [-0.2, 0) is 30.3 Å². The summed E-state index contributed by atoms with van der Waals surface area (Å²) in [5.74, 6) is -5.34. The summed E-state index contributed by atoms with van der Waals surface area (Å²) in [4.78, 5) is 19.2. The third-order valence-electron chi connectivity index (χ3n) is 6.33. The van der Waals surface area contributed by atoms with Gasteiger partial charge in [0.15, 0.2) is 0 Å². The van der Waals surface area contributed by atoms with E-state index in [2.05, 4.69) is 70.6 Å². The minimum Gasteiger partial charge on any atom is -0.662 e. The number of hydrogen-bond acceptors (Lipinski definition) is 3. The second kappa shape index (κ2) is 9.56. The van der Waals surface area contributed by atoms with Crippen LogP contribution in [0.1, 0.15) is 22.3 Å². The third-order valence-corrected chi connectivity index (χ3v) is 6.33. The Morgan fingerprint density at radius 1 is 0.789 bits per heavy atom. The van der Waals surface area contributed by atoms with Crippen molar-refractivity contribution in [3.63, 3.8) is 0 Å². The third kappa shape index (κ3) is 4.15. The molecule has 0 unspecified atom stereocenters. The van der Waals surface area contributed by atoms with Crippen molar-refractivity contribution in [2.24, 2.45) is 0 Å². The molecule has 1 N–H and O–H groups in total. The van der Waals surface area contributed by atoms with E-state index in [0.717, 1.165) is 11.4 Å². The summed E-state index contributed by atoms with van der Waals surface area (Å²) in [5, 5.41) is 7.93. The molecule has 4 aromatic rings. The predicted octanol–water partition coefficient (Wildman–Crippen LogP) is 6.50. The molecule has 2 aliphatic rings. The molecule has 6 rings (SSSR count). The van der Waals surface area contributed by atoms with Crippen molar-refractivity contribution in [1.82, 2.24) is 9.97 Å². The van der Waals surface area contributed by atoms with Crippen LogP contribution in [0.5, 0.6) is 0 Å². The van der Waals surface area contributed by atoms with Crippen LogP contribution in [0.25, 0.3) is 22.5 Å². The van der Waals surface area contributed by atoms with Crippen LogP contribution in [0, 0.1) is 0 Å². The Balaban J connectivity index is 0.000000209. The molecule has 0 bridgehead atoms. The molecule has 0 aliphatic heterocycles. The molecule has 0 saturated carbocycles. The van der Waals surface area contributed by atoms with Crippen molar-refractivity contribution >= 4 is 5.78 Å². The Bertz CT molecular complexity index is 1510. The first-order valence-electron chi connectivity index (χ1n) is 10.8. The Morgan fingerprint density at radius 2 is 1.34 bits per heavy atom. The number of aromatic nitrogens is 2. The molecular weight excluding hydrogens is 691 g/mol. The molecule has 2 aromatic carbocycles. The van der Waals surface area contributed by atoms with Crippen molar-refractivity contribution in [2.75, 3.05) is 0 Å². The van der Waals surface area contributed by atoms with E-state index in [4.69, 9.17) is 5.11 Å². The van der Waals surface area contributed by atoms with E-state index in [1.54, 1.807) is 0 Å². The molecule has 38 heavy (non-hydrogen) atoms. The number of nitrogens with zero attached hydrogens (tertiary/aromatic N) is 2. The first-order chi connectivity index (χ1) is 17.5. The maximum Gasteiger partial charge on any atom is 0.454 e. The fraction of sp³-hybridized carbons (Fsp3) is 0.111. The van der Waals surface area contributed by atoms with Gasteiger partial charge in [-0.1, -0.05) is 60.7 Å². The maximum atomic E-state index is 11.4. The first-order valence-corrected chi connectivity index (χ1v) is 10.8. The number of carbonyl (C=O) groups excluding carboxylic acids is 1. The van der Waals surface area contributed by atoms with Gasteiger partial charge in [0.05, 0.1) is 11.1 Å². The van der Waals surface area contributed by atoms with Crippen LogP contribution in [0.3, 0.4) is 0 Å². The zero-order valence-corrected chi connectivity index (χ0v) is 21.3. The largest absolute Gasteiger partial charge is 0.662 e. The quantitative estimate of drug-likeness (QED) is 0.121. The summed E-state index contributed by atoms with van der Waals surface area (Å²) in [5.41, 5.74) is 9.59. The molecule has 2 aliphatic carbocycles. The molecule has 197 valence electrons. The van der Waals surface area contributed by atoms with Crippen molar-refractivity contribution in [3.05, 3.63) is 113 Å². The summed E-state index contributed by atoms with van der Waals surface area (Å²) >= 11 is 0. The second-order valence-corrected chi connectivity index (χ2v) is 8.34. The maximum absolute atomic E-state index is 11.4. The zero-order valence-electron chi connectivity index (χ0n) is 18.9. The van der Waals surface area contributed by atoms with Gasteiger partial charge in [0.2, 0.25) is 5.76 Å². The number of fused-ring (bicyclic) bond motifs is 10. The predicted molar refractivity (Wildman–Crippen MR) is 122 cm³/mol. The summed E-state index contributed by atoms with van der Waals surface area (Å²) < 4.78 is 68.1. The smallest absolute Gasteiger partial charge is 0.454 e. The Hall–Kier alpha value is -3.69. The molecule has 4 nitrogen and oxygen atoms in total. The van der Waals surface area contributed by atoms with E-state index >= 15 is 0 Å². The number of carbonyl (C=O) groups is 1. The first kappa shape index (κ1) is 27.3. The van der Waals surface area contributed by atoms with Gasteiger partial charge in [-0.3, -0.25) is 9.78 Å². The fourth-order valence-electron chi connectivity index (χ4n) is 4.97. The molecular formula is C27H15F6IrN2O2-. The van der Waals surface area contributed by atoms with Gasteiger partial charge in [-0.05, 0) is 39.4 Å². The summed E-state index contributed by atoms with van der Waals surface area (Å²) in [6, 6.07) is 23.9. The van der Waals surface area contributed by atoms with Crippen LogP contribution in [0.2, 0.25) is 0 Å². The van der Waals surface area contributed by atoms with Gasteiger partial charge in [-0.25, -0.2) is 0 Å². The topological polar surface area (TPSA) is 64.3 Å². The van der Waals surface area contributed by atoms with Gasteiger partial charge in [0.25, 0.3) is 5.78 Å². The van der Waals surface area contributed by atoms with Crippen molar-refractivity contribution in [1.29, 1.82) is 0 Å². The van der Waals surface area contributed by atoms with E-state index in [1.807, 2.05) is 18.5 Å².